The number of benzene rings is 2. The summed E-state index contributed by atoms with van der Waals surface area (Å²) < 4.78 is 5.70. The van der Waals surface area contributed by atoms with Crippen LogP contribution in [0.1, 0.15) is 26.4 Å². The van der Waals surface area contributed by atoms with Gasteiger partial charge in [0, 0.05) is 6.54 Å². The second-order valence-corrected chi connectivity index (χ2v) is 7.31. The minimum atomic E-state index is -0.277. The number of aryl methyl sites for hydroxylation is 1. The Bertz CT molecular complexity index is 1180. The standard InChI is InChI=1S/C21H18N4O2S/c1-14-7-9-15(10-8-14)11-22-20(26)19-17-18(24-28-19)21(27)25(13-23-17)12-16-5-3-2-4-6-16/h2-10,13H,11-12H2,1H3,(H,22,26). The molecule has 4 aromatic rings. The van der Waals surface area contributed by atoms with E-state index >= 15 is 0 Å². The molecule has 2 aromatic carbocycles. The molecule has 1 amide bonds. The Labute approximate surface area is 165 Å². The number of aromatic nitrogens is 3. The predicted molar refractivity (Wildman–Crippen MR) is 110 cm³/mol. The molecule has 0 saturated heterocycles. The lowest BCUT2D eigenvalue weighted by Crippen LogP contribution is -2.24. The zero-order valence-corrected chi connectivity index (χ0v) is 16.1. The van der Waals surface area contributed by atoms with Crippen LogP contribution in [0.25, 0.3) is 11.0 Å². The molecule has 0 aliphatic heterocycles. The molecule has 0 saturated carbocycles. The van der Waals surface area contributed by atoms with Crippen LogP contribution >= 0.6 is 11.5 Å². The van der Waals surface area contributed by atoms with Gasteiger partial charge < -0.3 is 5.32 Å². The van der Waals surface area contributed by atoms with Crippen molar-refractivity contribution in [2.24, 2.45) is 0 Å². The first-order valence-corrected chi connectivity index (χ1v) is 9.61. The second-order valence-electron chi connectivity index (χ2n) is 6.54. The van der Waals surface area contributed by atoms with Crippen LogP contribution in [0, 0.1) is 6.92 Å². The summed E-state index contributed by atoms with van der Waals surface area (Å²) in [6.07, 6.45) is 1.48. The smallest absolute Gasteiger partial charge is 0.281 e. The molecular formula is C21H18N4O2S. The summed E-state index contributed by atoms with van der Waals surface area (Å²) in [5.74, 6) is -0.277. The predicted octanol–water partition coefficient (Wildman–Crippen LogP) is 3.14. The fraction of sp³-hybridized carbons (Fsp3) is 0.143. The quantitative estimate of drug-likeness (QED) is 0.568. The number of carbonyl (C=O) groups excluding carboxylic acids is 1. The van der Waals surface area contributed by atoms with Crippen molar-refractivity contribution in [2.45, 2.75) is 20.0 Å². The number of hydrogen-bond donors (Lipinski definition) is 1. The number of nitrogens with zero attached hydrogens (tertiary/aromatic N) is 3. The second kappa shape index (κ2) is 7.74. The summed E-state index contributed by atoms with van der Waals surface area (Å²) >= 11 is 1.000. The van der Waals surface area contributed by atoms with E-state index in [1.807, 2.05) is 61.5 Å². The summed E-state index contributed by atoms with van der Waals surface area (Å²) in [6, 6.07) is 17.6. The van der Waals surface area contributed by atoms with Crippen molar-refractivity contribution in [3.63, 3.8) is 0 Å². The van der Waals surface area contributed by atoms with Crippen LogP contribution in [-0.4, -0.2) is 19.8 Å². The van der Waals surface area contributed by atoms with Gasteiger partial charge in [0.05, 0.1) is 12.9 Å². The molecule has 7 heteroatoms. The zero-order chi connectivity index (χ0) is 19.5. The molecule has 0 fully saturated rings. The Balaban J connectivity index is 1.55. The first-order valence-electron chi connectivity index (χ1n) is 8.84. The highest BCUT2D eigenvalue weighted by Crippen LogP contribution is 2.17. The Kier molecular flexibility index (Phi) is 4.99. The maximum absolute atomic E-state index is 12.7. The maximum Gasteiger partial charge on any atom is 0.281 e. The minimum Gasteiger partial charge on any atom is -0.347 e. The van der Waals surface area contributed by atoms with Crippen LogP contribution in [0.2, 0.25) is 0 Å². The normalized spacial score (nSPS) is 10.9. The number of fused-ring (bicyclic) bond motifs is 1. The van der Waals surface area contributed by atoms with Crippen LogP contribution in [0.5, 0.6) is 0 Å². The van der Waals surface area contributed by atoms with Crippen molar-refractivity contribution in [1.82, 2.24) is 19.2 Å². The minimum absolute atomic E-state index is 0.226. The highest BCUT2D eigenvalue weighted by Gasteiger charge is 2.18. The van der Waals surface area contributed by atoms with Gasteiger partial charge in [0.1, 0.15) is 10.4 Å². The van der Waals surface area contributed by atoms with Crippen molar-refractivity contribution in [3.8, 4) is 0 Å². The molecular weight excluding hydrogens is 372 g/mol. The molecule has 1 N–H and O–H groups in total. The first-order chi connectivity index (χ1) is 13.6. The van der Waals surface area contributed by atoms with E-state index in [2.05, 4.69) is 14.7 Å². The van der Waals surface area contributed by atoms with Crippen molar-refractivity contribution in [3.05, 3.63) is 92.8 Å². The van der Waals surface area contributed by atoms with Crippen molar-refractivity contribution in [2.75, 3.05) is 0 Å². The number of nitrogens with one attached hydrogen (secondary N) is 1. The van der Waals surface area contributed by atoms with Crippen molar-refractivity contribution in [1.29, 1.82) is 0 Å². The van der Waals surface area contributed by atoms with E-state index in [-0.39, 0.29) is 17.0 Å². The molecule has 0 atom stereocenters. The lowest BCUT2D eigenvalue weighted by atomic mass is 10.1. The monoisotopic (exact) mass is 390 g/mol. The van der Waals surface area contributed by atoms with Crippen LogP contribution in [0.4, 0.5) is 0 Å². The Morgan fingerprint density at radius 1 is 1.04 bits per heavy atom. The third-order valence-corrected chi connectivity index (χ3v) is 5.27. The van der Waals surface area contributed by atoms with Gasteiger partial charge in [0.25, 0.3) is 11.5 Å². The summed E-state index contributed by atoms with van der Waals surface area (Å²) in [7, 11) is 0. The lowest BCUT2D eigenvalue weighted by Gasteiger charge is -2.06. The van der Waals surface area contributed by atoms with Crippen LogP contribution in [0.3, 0.4) is 0 Å². The molecule has 0 spiro atoms. The Morgan fingerprint density at radius 2 is 1.79 bits per heavy atom. The molecule has 140 valence electrons. The lowest BCUT2D eigenvalue weighted by molar-refractivity contribution is 0.0956. The maximum atomic E-state index is 12.7. The average Bonchev–Trinajstić information content (AvgIpc) is 3.15. The Morgan fingerprint density at radius 3 is 2.54 bits per heavy atom. The fourth-order valence-electron chi connectivity index (χ4n) is 2.87. The SMILES string of the molecule is Cc1ccc(CNC(=O)c2snc3c(=O)n(Cc4ccccc4)cnc23)cc1. The molecule has 0 aliphatic carbocycles. The zero-order valence-electron chi connectivity index (χ0n) is 15.3. The topological polar surface area (TPSA) is 76.9 Å². The van der Waals surface area contributed by atoms with E-state index < -0.39 is 0 Å². The molecule has 0 aliphatic rings. The van der Waals surface area contributed by atoms with Crippen LogP contribution < -0.4 is 10.9 Å². The molecule has 28 heavy (non-hydrogen) atoms. The van der Waals surface area contributed by atoms with Crippen LogP contribution in [-0.2, 0) is 13.1 Å². The summed E-state index contributed by atoms with van der Waals surface area (Å²) in [5.41, 5.74) is 3.50. The van der Waals surface area contributed by atoms with Crippen LogP contribution in [0.15, 0.2) is 65.7 Å². The molecule has 2 aromatic heterocycles. The summed E-state index contributed by atoms with van der Waals surface area (Å²) in [4.78, 5) is 30.0. The number of hydrogen-bond acceptors (Lipinski definition) is 5. The van der Waals surface area contributed by atoms with Gasteiger partial charge in [-0.05, 0) is 29.6 Å². The number of rotatable bonds is 5. The average molecular weight is 390 g/mol. The third kappa shape index (κ3) is 3.70. The number of carbonyl (C=O) groups is 1. The van der Waals surface area contributed by atoms with Gasteiger partial charge in [0.2, 0.25) is 0 Å². The van der Waals surface area contributed by atoms with Gasteiger partial charge in [-0.25, -0.2) is 4.98 Å². The van der Waals surface area contributed by atoms with E-state index in [0.717, 1.165) is 22.7 Å². The van der Waals surface area contributed by atoms with Crippen molar-refractivity contribution < 1.29 is 4.79 Å². The molecule has 2 heterocycles. The van der Waals surface area contributed by atoms with Gasteiger partial charge in [-0.15, -0.1) is 0 Å². The van der Waals surface area contributed by atoms with E-state index in [4.69, 9.17) is 0 Å². The van der Waals surface area contributed by atoms with E-state index in [1.54, 1.807) is 0 Å². The van der Waals surface area contributed by atoms with Crippen molar-refractivity contribution >= 4 is 28.5 Å². The highest BCUT2D eigenvalue weighted by molar-refractivity contribution is 7.09. The van der Waals surface area contributed by atoms with Gasteiger partial charge in [-0.2, -0.15) is 4.37 Å². The third-order valence-electron chi connectivity index (χ3n) is 4.43. The first kappa shape index (κ1) is 18.1. The largest absolute Gasteiger partial charge is 0.347 e. The van der Waals surface area contributed by atoms with E-state index in [0.29, 0.717) is 23.5 Å². The van der Waals surface area contributed by atoms with Gasteiger partial charge in [-0.3, -0.25) is 14.2 Å². The summed E-state index contributed by atoms with van der Waals surface area (Å²) in [6.45, 7) is 2.83. The summed E-state index contributed by atoms with van der Waals surface area (Å²) in [5, 5.41) is 2.87. The van der Waals surface area contributed by atoms with E-state index in [9.17, 15) is 9.59 Å². The molecule has 0 unspecified atom stereocenters. The van der Waals surface area contributed by atoms with Gasteiger partial charge >= 0.3 is 0 Å². The van der Waals surface area contributed by atoms with Gasteiger partial charge in [0.15, 0.2) is 5.52 Å². The molecule has 0 radical (unpaired) electrons. The van der Waals surface area contributed by atoms with E-state index in [1.165, 1.54) is 16.5 Å². The van der Waals surface area contributed by atoms with Gasteiger partial charge in [-0.1, -0.05) is 60.2 Å². The Hall–Kier alpha value is -3.32. The molecule has 6 nitrogen and oxygen atoms in total. The fourth-order valence-corrected chi connectivity index (χ4v) is 3.61. The number of amides is 1. The molecule has 0 bridgehead atoms. The highest BCUT2D eigenvalue weighted by atomic mass is 32.1. The molecule has 4 rings (SSSR count).